The Morgan fingerprint density at radius 3 is 2.60 bits per heavy atom. The Kier molecular flexibility index (Phi) is 5.10. The van der Waals surface area contributed by atoms with Crippen molar-refractivity contribution in [2.75, 3.05) is 6.61 Å². The van der Waals surface area contributed by atoms with Crippen molar-refractivity contribution in [1.29, 1.82) is 0 Å². The van der Waals surface area contributed by atoms with E-state index >= 15 is 0 Å². The fourth-order valence-electron chi connectivity index (χ4n) is 1.49. The molecule has 2 nitrogen and oxygen atoms in total. The fraction of sp³-hybridized carbons (Fsp3) is 0.200. The first-order valence-electron chi connectivity index (χ1n) is 5.95. The van der Waals surface area contributed by atoms with Crippen LogP contribution >= 0.6 is 11.3 Å². The maximum Gasteiger partial charge on any atom is 0.129 e. The standard InChI is InChI=1S/C15H12F2O2S/c16-11-7-12(17)9-13(8-11)19-10-15-5-4-14(20-15)3-1-2-6-18/h4-5,7-9,18H,2,6,10H2. The van der Waals surface area contributed by atoms with Crippen LogP contribution in [-0.4, -0.2) is 11.7 Å². The van der Waals surface area contributed by atoms with Crippen LogP contribution < -0.4 is 4.74 Å². The summed E-state index contributed by atoms with van der Waals surface area (Å²) in [6.45, 7) is 0.273. The van der Waals surface area contributed by atoms with Gasteiger partial charge in [0, 0.05) is 29.5 Å². The average molecular weight is 294 g/mol. The van der Waals surface area contributed by atoms with E-state index in [-0.39, 0.29) is 19.0 Å². The Hall–Kier alpha value is -1.90. The molecule has 2 aromatic rings. The minimum atomic E-state index is -0.665. The highest BCUT2D eigenvalue weighted by Gasteiger charge is 2.03. The molecule has 20 heavy (non-hydrogen) atoms. The van der Waals surface area contributed by atoms with Crippen molar-refractivity contribution < 1.29 is 18.6 Å². The normalized spacial score (nSPS) is 9.95. The van der Waals surface area contributed by atoms with Gasteiger partial charge < -0.3 is 9.84 Å². The van der Waals surface area contributed by atoms with Crippen LogP contribution in [0.1, 0.15) is 16.2 Å². The van der Waals surface area contributed by atoms with Crippen molar-refractivity contribution in [2.24, 2.45) is 0 Å². The number of thiophene rings is 1. The van der Waals surface area contributed by atoms with Crippen LogP contribution in [0.2, 0.25) is 0 Å². The summed E-state index contributed by atoms with van der Waals surface area (Å²) in [7, 11) is 0. The fourth-order valence-corrected chi connectivity index (χ4v) is 2.29. The molecular weight excluding hydrogens is 282 g/mol. The summed E-state index contributed by atoms with van der Waals surface area (Å²) in [5.74, 6) is 4.57. The summed E-state index contributed by atoms with van der Waals surface area (Å²) in [5.41, 5.74) is 0. The Balaban J connectivity index is 1.96. The molecule has 0 aliphatic carbocycles. The predicted octanol–water partition coefficient (Wildman–Crippen LogP) is 3.34. The molecule has 2 rings (SSSR count). The third kappa shape index (κ3) is 4.34. The summed E-state index contributed by atoms with van der Waals surface area (Å²) in [6.07, 6.45) is 0.437. The molecule has 0 atom stereocenters. The van der Waals surface area contributed by atoms with Crippen LogP contribution in [0.3, 0.4) is 0 Å². The van der Waals surface area contributed by atoms with Gasteiger partial charge in [-0.25, -0.2) is 8.78 Å². The SMILES string of the molecule is OCCC#Cc1ccc(COc2cc(F)cc(F)c2)s1. The smallest absolute Gasteiger partial charge is 0.129 e. The first-order valence-corrected chi connectivity index (χ1v) is 6.76. The van der Waals surface area contributed by atoms with Crippen molar-refractivity contribution in [3.63, 3.8) is 0 Å². The van der Waals surface area contributed by atoms with Gasteiger partial charge in [0.15, 0.2) is 0 Å². The Morgan fingerprint density at radius 1 is 1.15 bits per heavy atom. The third-order valence-corrected chi connectivity index (χ3v) is 3.30. The third-order valence-electron chi connectivity index (χ3n) is 2.33. The lowest BCUT2D eigenvalue weighted by atomic mass is 10.3. The van der Waals surface area contributed by atoms with E-state index in [9.17, 15) is 8.78 Å². The van der Waals surface area contributed by atoms with Gasteiger partial charge in [-0.1, -0.05) is 11.8 Å². The molecule has 0 aliphatic heterocycles. The van der Waals surface area contributed by atoms with Gasteiger partial charge >= 0.3 is 0 Å². The molecule has 0 fully saturated rings. The quantitative estimate of drug-likeness (QED) is 0.876. The second-order valence-electron chi connectivity index (χ2n) is 3.94. The van der Waals surface area contributed by atoms with Crippen LogP contribution in [0.25, 0.3) is 0 Å². The first kappa shape index (κ1) is 14.5. The van der Waals surface area contributed by atoms with Gasteiger partial charge in [0.2, 0.25) is 0 Å². The number of hydrogen-bond donors (Lipinski definition) is 1. The van der Waals surface area contributed by atoms with Gasteiger partial charge in [0.1, 0.15) is 24.0 Å². The molecular formula is C15H12F2O2S. The molecule has 1 aromatic heterocycles. The molecule has 1 heterocycles. The molecule has 0 saturated carbocycles. The highest BCUT2D eigenvalue weighted by molar-refractivity contribution is 7.12. The minimum Gasteiger partial charge on any atom is -0.488 e. The lowest BCUT2D eigenvalue weighted by molar-refractivity contribution is 0.305. The molecule has 0 aliphatic rings. The largest absolute Gasteiger partial charge is 0.488 e. The Labute approximate surface area is 119 Å². The predicted molar refractivity (Wildman–Crippen MR) is 73.6 cm³/mol. The zero-order valence-electron chi connectivity index (χ0n) is 10.5. The van der Waals surface area contributed by atoms with E-state index in [0.29, 0.717) is 6.42 Å². The molecule has 0 unspecified atom stereocenters. The monoisotopic (exact) mass is 294 g/mol. The lowest BCUT2D eigenvalue weighted by Crippen LogP contribution is -1.94. The number of aliphatic hydroxyl groups is 1. The second kappa shape index (κ2) is 7.04. The molecule has 1 N–H and O–H groups in total. The average Bonchev–Trinajstić information content (AvgIpc) is 2.84. The van der Waals surface area contributed by atoms with E-state index in [1.54, 1.807) is 0 Å². The van der Waals surface area contributed by atoms with E-state index in [1.807, 2.05) is 12.1 Å². The molecule has 104 valence electrons. The van der Waals surface area contributed by atoms with Crippen molar-refractivity contribution >= 4 is 11.3 Å². The minimum absolute atomic E-state index is 0.0411. The van der Waals surface area contributed by atoms with E-state index in [4.69, 9.17) is 9.84 Å². The summed E-state index contributed by atoms with van der Waals surface area (Å²) in [6, 6.07) is 6.77. The summed E-state index contributed by atoms with van der Waals surface area (Å²) >= 11 is 1.44. The second-order valence-corrected chi connectivity index (χ2v) is 5.10. The van der Waals surface area contributed by atoms with Gasteiger partial charge in [0.05, 0.1) is 11.5 Å². The number of halogens is 2. The Bertz CT molecular complexity index is 621. The molecule has 0 saturated heterocycles. The van der Waals surface area contributed by atoms with Crippen molar-refractivity contribution in [2.45, 2.75) is 13.0 Å². The maximum absolute atomic E-state index is 13.0. The van der Waals surface area contributed by atoms with Crippen LogP contribution in [-0.2, 0) is 6.61 Å². The van der Waals surface area contributed by atoms with Gasteiger partial charge in [-0.05, 0) is 12.1 Å². The van der Waals surface area contributed by atoms with Gasteiger partial charge in [0.25, 0.3) is 0 Å². The molecule has 0 amide bonds. The molecule has 5 heteroatoms. The first-order chi connectivity index (χ1) is 9.67. The topological polar surface area (TPSA) is 29.5 Å². The number of aliphatic hydroxyl groups excluding tert-OH is 1. The van der Waals surface area contributed by atoms with Crippen molar-refractivity contribution in [3.8, 4) is 17.6 Å². The maximum atomic E-state index is 13.0. The molecule has 1 aromatic carbocycles. The van der Waals surface area contributed by atoms with E-state index < -0.39 is 11.6 Å². The van der Waals surface area contributed by atoms with Crippen LogP contribution in [0.5, 0.6) is 5.75 Å². The van der Waals surface area contributed by atoms with Crippen LogP contribution in [0, 0.1) is 23.5 Å². The van der Waals surface area contributed by atoms with E-state index in [2.05, 4.69) is 11.8 Å². The van der Waals surface area contributed by atoms with Gasteiger partial charge in [-0.3, -0.25) is 0 Å². The zero-order valence-corrected chi connectivity index (χ0v) is 11.3. The Morgan fingerprint density at radius 2 is 1.90 bits per heavy atom. The van der Waals surface area contributed by atoms with Gasteiger partial charge in [-0.15, -0.1) is 11.3 Å². The molecule has 0 radical (unpaired) electrons. The van der Waals surface area contributed by atoms with E-state index in [0.717, 1.165) is 28.0 Å². The number of hydrogen-bond acceptors (Lipinski definition) is 3. The lowest BCUT2D eigenvalue weighted by Gasteiger charge is -2.04. The summed E-state index contributed by atoms with van der Waals surface area (Å²) in [4.78, 5) is 1.77. The highest BCUT2D eigenvalue weighted by Crippen LogP contribution is 2.20. The van der Waals surface area contributed by atoms with Crippen LogP contribution in [0.4, 0.5) is 8.78 Å². The van der Waals surface area contributed by atoms with Crippen molar-refractivity contribution in [1.82, 2.24) is 0 Å². The number of ether oxygens (including phenoxy) is 1. The van der Waals surface area contributed by atoms with E-state index in [1.165, 1.54) is 11.3 Å². The number of rotatable bonds is 4. The zero-order chi connectivity index (χ0) is 14.4. The van der Waals surface area contributed by atoms with Crippen LogP contribution in [0.15, 0.2) is 30.3 Å². The molecule has 0 bridgehead atoms. The molecule has 0 spiro atoms. The highest BCUT2D eigenvalue weighted by atomic mass is 32.1. The summed E-state index contributed by atoms with van der Waals surface area (Å²) in [5, 5.41) is 8.62. The number of benzene rings is 1. The van der Waals surface area contributed by atoms with Crippen molar-refractivity contribution in [3.05, 3.63) is 51.7 Å². The summed E-state index contributed by atoms with van der Waals surface area (Å²) < 4.78 is 31.3. The van der Waals surface area contributed by atoms with Gasteiger partial charge in [-0.2, -0.15) is 0 Å².